The van der Waals surface area contributed by atoms with Gasteiger partial charge in [-0.05, 0) is 42.0 Å². The zero-order valence-corrected chi connectivity index (χ0v) is 18.6. The van der Waals surface area contributed by atoms with E-state index in [1.165, 1.54) is 24.1 Å². The van der Waals surface area contributed by atoms with Crippen LogP contribution in [0, 0.1) is 10.1 Å². The number of nitro groups is 1. The van der Waals surface area contributed by atoms with Gasteiger partial charge in [-0.3, -0.25) is 14.9 Å². The van der Waals surface area contributed by atoms with Crippen molar-refractivity contribution in [3.05, 3.63) is 104 Å². The van der Waals surface area contributed by atoms with Crippen molar-refractivity contribution in [2.45, 2.75) is 19.8 Å². The maximum absolute atomic E-state index is 12.2. The van der Waals surface area contributed by atoms with E-state index in [1.807, 2.05) is 36.4 Å². The Bertz CT molecular complexity index is 1200. The summed E-state index contributed by atoms with van der Waals surface area (Å²) in [6.45, 7) is 1.72. The molecule has 3 aromatic rings. The van der Waals surface area contributed by atoms with Gasteiger partial charge in [0, 0.05) is 29.1 Å². The predicted molar refractivity (Wildman–Crippen MR) is 121 cm³/mol. The molecule has 1 aliphatic rings. The Morgan fingerprint density at radius 1 is 1.16 bits per heavy atom. The van der Waals surface area contributed by atoms with Crippen molar-refractivity contribution in [2.24, 2.45) is 5.10 Å². The van der Waals surface area contributed by atoms with Gasteiger partial charge in [0.05, 0.1) is 10.5 Å². The van der Waals surface area contributed by atoms with Crippen LogP contribution in [0.15, 0.2) is 82.4 Å². The van der Waals surface area contributed by atoms with Gasteiger partial charge in [0.1, 0.15) is 12.4 Å². The molecular weight excluding hydrogens is 478 g/mol. The Morgan fingerprint density at radius 2 is 1.91 bits per heavy atom. The Balaban J connectivity index is 1.59. The van der Waals surface area contributed by atoms with Crippen molar-refractivity contribution in [3.63, 3.8) is 0 Å². The first-order valence-corrected chi connectivity index (χ1v) is 10.5. The molecule has 1 heterocycles. The minimum atomic E-state index is -0.832. The fourth-order valence-corrected chi connectivity index (χ4v) is 3.66. The summed E-state index contributed by atoms with van der Waals surface area (Å²) in [5, 5.41) is 16.5. The Kier molecular flexibility index (Phi) is 6.18. The third kappa shape index (κ3) is 4.62. The fourth-order valence-electron chi connectivity index (χ4n) is 3.21. The minimum absolute atomic E-state index is 0.0476. The predicted octanol–water partition coefficient (Wildman–Crippen LogP) is 5.18. The van der Waals surface area contributed by atoms with Crippen LogP contribution in [-0.4, -0.2) is 21.7 Å². The number of carbonyl (C=O) groups excluding carboxylic acids is 1. The van der Waals surface area contributed by atoms with Crippen LogP contribution < -0.4 is 4.74 Å². The molecule has 0 unspecified atom stereocenters. The molecule has 0 spiro atoms. The number of ether oxygens (including phenoxy) is 2. The van der Waals surface area contributed by atoms with E-state index in [0.717, 1.165) is 10.0 Å². The number of hydrazone groups is 1. The molecule has 9 heteroatoms. The van der Waals surface area contributed by atoms with Crippen LogP contribution in [0.5, 0.6) is 5.75 Å². The van der Waals surface area contributed by atoms with E-state index in [2.05, 4.69) is 21.0 Å². The topological polar surface area (TPSA) is 94.3 Å². The van der Waals surface area contributed by atoms with Crippen molar-refractivity contribution in [3.8, 4) is 5.75 Å². The number of para-hydroxylation sites is 1. The molecule has 3 aromatic carbocycles. The van der Waals surface area contributed by atoms with E-state index >= 15 is 0 Å². The maximum Gasteiger partial charge on any atom is 0.269 e. The molecule has 0 bridgehead atoms. The van der Waals surface area contributed by atoms with Crippen LogP contribution in [0.4, 0.5) is 5.69 Å². The average Bonchev–Trinajstić information content (AvgIpc) is 3.24. The number of rotatable bonds is 6. The summed E-state index contributed by atoms with van der Waals surface area (Å²) in [7, 11) is 0. The summed E-state index contributed by atoms with van der Waals surface area (Å²) in [4.78, 5) is 22.7. The van der Waals surface area contributed by atoms with Crippen molar-refractivity contribution >= 4 is 33.4 Å². The Morgan fingerprint density at radius 3 is 2.59 bits per heavy atom. The second-order valence-electron chi connectivity index (χ2n) is 7.00. The molecule has 1 amide bonds. The van der Waals surface area contributed by atoms with Crippen LogP contribution in [0.25, 0.3) is 0 Å². The van der Waals surface area contributed by atoms with Gasteiger partial charge >= 0.3 is 0 Å². The number of halogens is 1. The van der Waals surface area contributed by atoms with Crippen LogP contribution in [0.3, 0.4) is 0 Å². The van der Waals surface area contributed by atoms with Gasteiger partial charge in [-0.25, -0.2) is 0 Å². The average molecular weight is 496 g/mol. The zero-order valence-electron chi connectivity index (χ0n) is 17.0. The molecule has 8 nitrogen and oxygen atoms in total. The number of nitrogens with zero attached hydrogens (tertiary/aromatic N) is 3. The molecule has 0 saturated heterocycles. The molecule has 1 atom stereocenters. The summed E-state index contributed by atoms with van der Waals surface area (Å²) in [5.74, 6) is 0.461. The summed E-state index contributed by atoms with van der Waals surface area (Å²) in [5.41, 5.74) is 2.10. The van der Waals surface area contributed by atoms with Crippen molar-refractivity contribution in [2.75, 3.05) is 0 Å². The van der Waals surface area contributed by atoms with Crippen molar-refractivity contribution in [1.82, 2.24) is 5.01 Å². The molecule has 0 fully saturated rings. The molecule has 0 saturated carbocycles. The van der Waals surface area contributed by atoms with Gasteiger partial charge in [0.2, 0.25) is 18.0 Å². The number of nitro benzene ring substituents is 1. The summed E-state index contributed by atoms with van der Waals surface area (Å²) in [6.07, 6.45) is -0.832. The first kappa shape index (κ1) is 21.5. The smallest absolute Gasteiger partial charge is 0.269 e. The van der Waals surface area contributed by atoms with E-state index in [0.29, 0.717) is 23.5 Å². The van der Waals surface area contributed by atoms with Gasteiger partial charge in [-0.15, -0.1) is 5.10 Å². The minimum Gasteiger partial charge on any atom is -0.488 e. The molecule has 4 rings (SSSR count). The quantitative estimate of drug-likeness (QED) is 0.347. The van der Waals surface area contributed by atoms with Crippen LogP contribution in [-0.2, 0) is 16.1 Å². The van der Waals surface area contributed by atoms with E-state index in [9.17, 15) is 14.9 Å². The highest BCUT2D eigenvalue weighted by Crippen LogP contribution is 2.33. The first-order chi connectivity index (χ1) is 15.4. The molecule has 0 aromatic heterocycles. The monoisotopic (exact) mass is 495 g/mol. The van der Waals surface area contributed by atoms with Crippen LogP contribution in [0.1, 0.15) is 29.8 Å². The number of non-ortho nitro benzene ring substituents is 1. The zero-order chi connectivity index (χ0) is 22.7. The lowest BCUT2D eigenvalue weighted by Gasteiger charge is -2.19. The number of hydrogen-bond acceptors (Lipinski definition) is 6. The van der Waals surface area contributed by atoms with E-state index in [1.54, 1.807) is 24.3 Å². The van der Waals surface area contributed by atoms with Gasteiger partial charge < -0.3 is 9.47 Å². The molecule has 162 valence electrons. The summed E-state index contributed by atoms with van der Waals surface area (Å²) >= 11 is 3.45. The van der Waals surface area contributed by atoms with E-state index in [-0.39, 0.29) is 17.5 Å². The normalized spacial score (nSPS) is 15.1. The highest BCUT2D eigenvalue weighted by Gasteiger charge is 2.34. The maximum atomic E-state index is 12.2. The highest BCUT2D eigenvalue weighted by molar-refractivity contribution is 9.10. The van der Waals surface area contributed by atoms with Crippen LogP contribution >= 0.6 is 15.9 Å². The van der Waals surface area contributed by atoms with Crippen molar-refractivity contribution < 1.29 is 19.2 Å². The lowest BCUT2D eigenvalue weighted by Crippen LogP contribution is -2.25. The second-order valence-corrected chi connectivity index (χ2v) is 7.92. The van der Waals surface area contributed by atoms with E-state index < -0.39 is 11.2 Å². The third-order valence-electron chi connectivity index (χ3n) is 4.76. The lowest BCUT2D eigenvalue weighted by atomic mass is 10.1. The number of amides is 1. The molecule has 0 radical (unpaired) electrons. The standard InChI is InChI=1S/C23H18BrN3O5/c1-15(28)26-23(17-9-11-19(12-10-17)27(29)30)32-22(25-26)20-7-2-3-8-21(20)31-14-16-5-4-6-18(24)13-16/h2-13,23H,14H2,1H3/t23-/m0/s1. The molecular formula is C23H18BrN3O5. The van der Waals surface area contributed by atoms with Crippen LogP contribution in [0.2, 0.25) is 0 Å². The Hall–Kier alpha value is -3.72. The highest BCUT2D eigenvalue weighted by atomic mass is 79.9. The second kappa shape index (κ2) is 9.19. The Labute approximate surface area is 192 Å². The van der Waals surface area contributed by atoms with Crippen molar-refractivity contribution in [1.29, 1.82) is 0 Å². The third-order valence-corrected chi connectivity index (χ3v) is 5.25. The summed E-state index contributed by atoms with van der Waals surface area (Å²) in [6, 6.07) is 20.9. The number of benzene rings is 3. The van der Waals surface area contributed by atoms with Gasteiger partial charge in [-0.1, -0.05) is 40.2 Å². The molecule has 1 aliphatic heterocycles. The molecule has 32 heavy (non-hydrogen) atoms. The van der Waals surface area contributed by atoms with Gasteiger partial charge in [-0.2, -0.15) is 5.01 Å². The molecule has 0 N–H and O–H groups in total. The SMILES string of the molecule is CC(=O)N1N=C(c2ccccc2OCc2cccc(Br)c2)O[C@H]1c1ccc([N+](=O)[O-])cc1. The number of hydrogen-bond donors (Lipinski definition) is 0. The van der Waals surface area contributed by atoms with Gasteiger partial charge in [0.15, 0.2) is 0 Å². The first-order valence-electron chi connectivity index (χ1n) is 9.68. The fraction of sp³-hybridized carbons (Fsp3) is 0.130. The summed E-state index contributed by atoms with van der Waals surface area (Å²) < 4.78 is 13.0. The number of carbonyl (C=O) groups is 1. The molecule has 0 aliphatic carbocycles. The lowest BCUT2D eigenvalue weighted by molar-refractivity contribution is -0.384. The largest absolute Gasteiger partial charge is 0.488 e. The van der Waals surface area contributed by atoms with Gasteiger partial charge in [0.25, 0.3) is 5.69 Å². The van der Waals surface area contributed by atoms with E-state index in [4.69, 9.17) is 9.47 Å².